The summed E-state index contributed by atoms with van der Waals surface area (Å²) in [5, 5.41) is 3.24. The normalized spacial score (nSPS) is 19.7. The van der Waals surface area contributed by atoms with Crippen LogP contribution in [0.2, 0.25) is 0 Å². The number of carbonyl (C=O) groups excluding carboxylic acids is 1. The van der Waals surface area contributed by atoms with Gasteiger partial charge in [-0.3, -0.25) is 9.69 Å². The zero-order valence-electron chi connectivity index (χ0n) is 19.8. The molecule has 1 amide bonds. The van der Waals surface area contributed by atoms with Crippen LogP contribution in [0.3, 0.4) is 0 Å². The van der Waals surface area contributed by atoms with E-state index in [4.69, 9.17) is 4.74 Å². The number of fused-ring (bicyclic) bond motifs is 3. The monoisotopic (exact) mass is 455 g/mol. The average Bonchev–Trinajstić information content (AvgIpc) is 2.89. The van der Waals surface area contributed by atoms with E-state index in [1.165, 1.54) is 22.4 Å². The van der Waals surface area contributed by atoms with Gasteiger partial charge >= 0.3 is 0 Å². The first-order chi connectivity index (χ1) is 16.7. The van der Waals surface area contributed by atoms with Crippen molar-refractivity contribution in [2.24, 2.45) is 5.92 Å². The molecule has 5 rings (SSSR count). The van der Waals surface area contributed by atoms with Gasteiger partial charge in [-0.2, -0.15) is 0 Å². The molecular weight excluding hydrogens is 422 g/mol. The van der Waals surface area contributed by atoms with Gasteiger partial charge in [0, 0.05) is 38.4 Å². The maximum atomic E-state index is 13.4. The lowest BCUT2D eigenvalue weighted by molar-refractivity contribution is -0.126. The first-order valence-electron chi connectivity index (χ1n) is 12.2. The van der Waals surface area contributed by atoms with Gasteiger partial charge in [0.25, 0.3) is 0 Å². The molecule has 2 heterocycles. The Kier molecular flexibility index (Phi) is 6.82. The van der Waals surface area contributed by atoms with Gasteiger partial charge < -0.3 is 15.0 Å². The van der Waals surface area contributed by atoms with Gasteiger partial charge in [-0.1, -0.05) is 60.7 Å². The highest BCUT2D eigenvalue weighted by atomic mass is 16.5. The third-order valence-corrected chi connectivity index (χ3v) is 7.17. The number of benzene rings is 3. The zero-order chi connectivity index (χ0) is 23.3. The highest BCUT2D eigenvalue weighted by Gasteiger charge is 2.41. The van der Waals surface area contributed by atoms with E-state index in [-0.39, 0.29) is 17.9 Å². The van der Waals surface area contributed by atoms with Gasteiger partial charge in [-0.25, -0.2) is 0 Å². The van der Waals surface area contributed by atoms with Gasteiger partial charge in [-0.15, -0.1) is 0 Å². The molecule has 3 aromatic carbocycles. The van der Waals surface area contributed by atoms with Crippen LogP contribution >= 0.6 is 0 Å². The van der Waals surface area contributed by atoms with Gasteiger partial charge in [0.05, 0.1) is 19.1 Å². The van der Waals surface area contributed by atoms with Crippen LogP contribution in [-0.2, 0) is 24.2 Å². The number of piperazine rings is 1. The molecule has 2 aliphatic heterocycles. The van der Waals surface area contributed by atoms with Crippen LogP contribution in [0.1, 0.15) is 16.7 Å². The van der Waals surface area contributed by atoms with Gasteiger partial charge in [0.2, 0.25) is 5.91 Å². The average molecular weight is 456 g/mol. The number of nitrogens with zero attached hydrogens (tertiary/aromatic N) is 2. The second-order valence-electron chi connectivity index (χ2n) is 9.31. The fourth-order valence-corrected chi connectivity index (χ4v) is 5.36. The third-order valence-electron chi connectivity index (χ3n) is 7.17. The maximum Gasteiger partial charge on any atom is 0.225 e. The van der Waals surface area contributed by atoms with Crippen molar-refractivity contribution in [2.45, 2.75) is 25.4 Å². The van der Waals surface area contributed by atoms with Gasteiger partial charge in [0.1, 0.15) is 5.75 Å². The quantitative estimate of drug-likeness (QED) is 0.587. The van der Waals surface area contributed by atoms with Crippen molar-refractivity contribution in [3.63, 3.8) is 0 Å². The molecule has 1 fully saturated rings. The number of hydrogen-bond donors (Lipinski definition) is 1. The topological polar surface area (TPSA) is 44.8 Å². The second-order valence-corrected chi connectivity index (χ2v) is 9.31. The summed E-state index contributed by atoms with van der Waals surface area (Å²) in [5.74, 6) is 0.968. The lowest BCUT2D eigenvalue weighted by Gasteiger charge is -2.49. The lowest BCUT2D eigenvalue weighted by atomic mass is 9.83. The van der Waals surface area contributed by atoms with E-state index in [0.717, 1.165) is 44.8 Å². The summed E-state index contributed by atoms with van der Waals surface area (Å²) >= 11 is 0. The van der Waals surface area contributed by atoms with Crippen molar-refractivity contribution in [1.29, 1.82) is 0 Å². The van der Waals surface area contributed by atoms with Crippen molar-refractivity contribution >= 4 is 11.6 Å². The Morgan fingerprint density at radius 2 is 1.71 bits per heavy atom. The van der Waals surface area contributed by atoms with E-state index in [0.29, 0.717) is 6.54 Å². The first kappa shape index (κ1) is 22.5. The summed E-state index contributed by atoms with van der Waals surface area (Å²) in [6, 6.07) is 27.5. The molecule has 0 saturated carbocycles. The van der Waals surface area contributed by atoms with Crippen LogP contribution in [0.5, 0.6) is 5.75 Å². The molecule has 1 N–H and O–H groups in total. The van der Waals surface area contributed by atoms with Crippen molar-refractivity contribution < 1.29 is 9.53 Å². The molecule has 0 aliphatic carbocycles. The summed E-state index contributed by atoms with van der Waals surface area (Å²) in [7, 11) is 1.67. The molecule has 0 aromatic heterocycles. The van der Waals surface area contributed by atoms with E-state index >= 15 is 0 Å². The Morgan fingerprint density at radius 1 is 0.941 bits per heavy atom. The van der Waals surface area contributed by atoms with Crippen LogP contribution in [0.25, 0.3) is 0 Å². The number of amides is 1. The molecule has 5 nitrogen and oxygen atoms in total. The van der Waals surface area contributed by atoms with E-state index in [1.807, 2.05) is 12.1 Å². The third kappa shape index (κ3) is 4.95. The van der Waals surface area contributed by atoms with Crippen molar-refractivity contribution in [1.82, 2.24) is 10.2 Å². The van der Waals surface area contributed by atoms with Crippen LogP contribution in [0.4, 0.5) is 5.69 Å². The van der Waals surface area contributed by atoms with Crippen LogP contribution < -0.4 is 15.0 Å². The Balaban J connectivity index is 1.27. The number of methoxy groups -OCH3 is 1. The Hall–Kier alpha value is -3.31. The summed E-state index contributed by atoms with van der Waals surface area (Å²) in [5.41, 5.74) is 5.11. The molecule has 1 saturated heterocycles. The standard InChI is InChI=1S/C29H33N3O2/c1-34-25-13-11-22(12-14-25)15-16-30-29(33)26-19-24-9-5-6-10-27(24)32-18-17-31(21-28(26)32)20-23-7-3-2-4-8-23/h2-14,26,28H,15-21H2,1H3,(H,30,33)/t26-,28+/m0/s1. The molecule has 5 heteroatoms. The molecule has 0 spiro atoms. The van der Waals surface area contributed by atoms with E-state index < -0.39 is 0 Å². The predicted octanol–water partition coefficient (Wildman–Crippen LogP) is 3.92. The molecule has 3 aromatic rings. The minimum atomic E-state index is -0.0515. The zero-order valence-corrected chi connectivity index (χ0v) is 19.8. The van der Waals surface area contributed by atoms with Crippen LogP contribution in [0, 0.1) is 5.92 Å². The summed E-state index contributed by atoms with van der Waals surface area (Å²) in [4.78, 5) is 18.4. The highest BCUT2D eigenvalue weighted by Crippen LogP contribution is 2.36. The Bertz CT molecular complexity index is 1100. The number of hydrogen-bond acceptors (Lipinski definition) is 4. The molecule has 2 aliphatic rings. The lowest BCUT2D eigenvalue weighted by Crippen LogP contribution is -2.61. The first-order valence-corrected chi connectivity index (χ1v) is 12.2. The van der Waals surface area contributed by atoms with E-state index in [1.54, 1.807) is 7.11 Å². The fraction of sp³-hybridized carbons (Fsp3) is 0.345. The molecule has 2 atom stereocenters. The Morgan fingerprint density at radius 3 is 2.50 bits per heavy atom. The highest BCUT2D eigenvalue weighted by molar-refractivity contribution is 5.82. The second kappa shape index (κ2) is 10.3. The molecular formula is C29H33N3O2. The minimum absolute atomic E-state index is 0.0515. The smallest absolute Gasteiger partial charge is 0.225 e. The fourth-order valence-electron chi connectivity index (χ4n) is 5.36. The van der Waals surface area contributed by atoms with E-state index in [9.17, 15) is 4.79 Å². The van der Waals surface area contributed by atoms with Crippen molar-refractivity contribution in [3.05, 3.63) is 95.6 Å². The number of nitrogens with one attached hydrogen (secondary N) is 1. The predicted molar refractivity (Wildman–Crippen MR) is 136 cm³/mol. The van der Waals surface area contributed by atoms with Gasteiger partial charge in [0.15, 0.2) is 0 Å². The molecule has 0 radical (unpaired) electrons. The number of para-hydroxylation sites is 1. The molecule has 0 bridgehead atoms. The van der Waals surface area contributed by atoms with Gasteiger partial charge in [-0.05, 0) is 47.7 Å². The molecule has 0 unspecified atom stereocenters. The Labute approximate surface area is 202 Å². The summed E-state index contributed by atoms with van der Waals surface area (Å²) < 4.78 is 5.24. The van der Waals surface area contributed by atoms with Crippen LogP contribution in [0.15, 0.2) is 78.9 Å². The molecule has 34 heavy (non-hydrogen) atoms. The maximum absolute atomic E-state index is 13.4. The van der Waals surface area contributed by atoms with Crippen molar-refractivity contribution in [2.75, 3.05) is 38.2 Å². The summed E-state index contributed by atoms with van der Waals surface area (Å²) in [6.07, 6.45) is 1.61. The molecule has 176 valence electrons. The number of rotatable bonds is 7. The summed E-state index contributed by atoms with van der Waals surface area (Å²) in [6.45, 7) is 4.43. The SMILES string of the molecule is COc1ccc(CCNC(=O)[C@H]2Cc3ccccc3N3CCN(Cc4ccccc4)C[C@H]23)cc1. The number of anilines is 1. The van der Waals surface area contributed by atoms with E-state index in [2.05, 4.69) is 81.8 Å². The van der Waals surface area contributed by atoms with Crippen LogP contribution in [-0.4, -0.2) is 50.1 Å². The number of ether oxygens (including phenoxy) is 1. The largest absolute Gasteiger partial charge is 0.497 e. The number of carbonyl (C=O) groups is 1. The minimum Gasteiger partial charge on any atom is -0.497 e. The van der Waals surface area contributed by atoms with Crippen molar-refractivity contribution in [3.8, 4) is 5.75 Å².